The number of amides is 5. The number of benzene rings is 2. The SMILES string of the molecule is C=CC(=O)N1CCN(c2ccc(CCC(=O)N3CC(OC4CCN(C(=O)c5cccc(-c6nc(NC(=O)C7(c8ccc9c(c8)OC(F)(F)O9)CC7)ccc6C)c5)CC4)C3)o2)C(=O)C1. The number of rotatable bonds is 12. The third-order valence-corrected chi connectivity index (χ3v) is 12.4. The molecule has 3 saturated heterocycles. The van der Waals surface area contributed by atoms with Crippen LogP contribution in [0.5, 0.6) is 11.5 Å². The lowest BCUT2D eigenvalue weighted by Gasteiger charge is -2.42. The molecular formula is C46H46F2N6O9. The highest BCUT2D eigenvalue weighted by Gasteiger charge is 2.53. The number of anilines is 2. The summed E-state index contributed by atoms with van der Waals surface area (Å²) in [7, 11) is 0. The van der Waals surface area contributed by atoms with Crippen LogP contribution in [0.1, 0.15) is 59.3 Å². The van der Waals surface area contributed by atoms with Gasteiger partial charge in [0.05, 0.1) is 23.3 Å². The highest BCUT2D eigenvalue weighted by atomic mass is 19.3. The van der Waals surface area contributed by atoms with Crippen molar-refractivity contribution in [3.05, 3.63) is 102 Å². The number of nitrogens with one attached hydrogen (secondary N) is 1. The number of pyridine rings is 1. The zero-order chi connectivity index (χ0) is 44.0. The monoisotopic (exact) mass is 864 g/mol. The molecule has 6 heterocycles. The van der Waals surface area contributed by atoms with Crippen LogP contribution in [0.3, 0.4) is 0 Å². The van der Waals surface area contributed by atoms with E-state index in [-0.39, 0.29) is 66.2 Å². The number of fused-ring (bicyclic) bond motifs is 1. The first kappa shape index (κ1) is 41.7. The number of furan rings is 1. The Kier molecular flexibility index (Phi) is 11.0. The summed E-state index contributed by atoms with van der Waals surface area (Å²) in [6.45, 7) is 8.07. The van der Waals surface area contributed by atoms with Gasteiger partial charge in [-0.2, -0.15) is 0 Å². The van der Waals surface area contributed by atoms with E-state index in [9.17, 15) is 32.8 Å². The first-order valence-corrected chi connectivity index (χ1v) is 21.1. The van der Waals surface area contributed by atoms with E-state index >= 15 is 0 Å². The maximum Gasteiger partial charge on any atom is 0.586 e. The Labute approximate surface area is 361 Å². The van der Waals surface area contributed by atoms with Gasteiger partial charge in [0.25, 0.3) is 5.91 Å². The predicted molar refractivity (Wildman–Crippen MR) is 223 cm³/mol. The van der Waals surface area contributed by atoms with Crippen LogP contribution in [0.2, 0.25) is 0 Å². The Morgan fingerprint density at radius 1 is 0.905 bits per heavy atom. The highest BCUT2D eigenvalue weighted by molar-refractivity contribution is 6.01. The zero-order valence-corrected chi connectivity index (χ0v) is 34.6. The second kappa shape index (κ2) is 16.6. The van der Waals surface area contributed by atoms with Crippen molar-refractivity contribution in [2.45, 2.75) is 69.4 Å². The number of aryl methyl sites for hydroxylation is 2. The van der Waals surface area contributed by atoms with Gasteiger partial charge in [-0.1, -0.05) is 30.8 Å². The van der Waals surface area contributed by atoms with E-state index in [4.69, 9.17) is 14.1 Å². The summed E-state index contributed by atoms with van der Waals surface area (Å²) < 4.78 is 48.6. The second-order valence-electron chi connectivity index (χ2n) is 16.6. The molecule has 328 valence electrons. The van der Waals surface area contributed by atoms with Crippen LogP contribution in [-0.2, 0) is 35.8 Å². The number of ether oxygens (including phenoxy) is 3. The van der Waals surface area contributed by atoms with E-state index in [1.165, 1.54) is 28.0 Å². The van der Waals surface area contributed by atoms with Crippen molar-refractivity contribution in [3.8, 4) is 22.8 Å². The quantitative estimate of drug-likeness (QED) is 0.181. The summed E-state index contributed by atoms with van der Waals surface area (Å²) >= 11 is 0. The van der Waals surface area contributed by atoms with E-state index in [1.54, 1.807) is 41.3 Å². The number of carbonyl (C=O) groups is 5. The van der Waals surface area contributed by atoms with E-state index in [0.717, 1.165) is 5.56 Å². The smallest absolute Gasteiger partial charge is 0.445 e. The minimum atomic E-state index is -3.75. The van der Waals surface area contributed by atoms with Gasteiger partial charge in [-0.3, -0.25) is 28.9 Å². The van der Waals surface area contributed by atoms with Crippen molar-refractivity contribution in [1.82, 2.24) is 19.7 Å². The maximum absolute atomic E-state index is 13.7. The Morgan fingerprint density at radius 3 is 2.43 bits per heavy atom. The molecule has 2 aromatic carbocycles. The molecule has 9 rings (SSSR count). The summed E-state index contributed by atoms with van der Waals surface area (Å²) in [6, 6.07) is 18.7. The summed E-state index contributed by atoms with van der Waals surface area (Å²) in [5.74, 6) is 0.182. The molecule has 4 fully saturated rings. The van der Waals surface area contributed by atoms with Gasteiger partial charge in [0, 0.05) is 69.3 Å². The molecule has 1 N–H and O–H groups in total. The van der Waals surface area contributed by atoms with Crippen LogP contribution in [0.25, 0.3) is 11.3 Å². The summed E-state index contributed by atoms with van der Waals surface area (Å²) in [5, 5.41) is 2.92. The van der Waals surface area contributed by atoms with Crippen LogP contribution >= 0.6 is 0 Å². The largest absolute Gasteiger partial charge is 0.586 e. The van der Waals surface area contributed by atoms with Gasteiger partial charge in [-0.15, -0.1) is 8.78 Å². The number of likely N-dealkylation sites (tertiary alicyclic amines) is 2. The molecule has 15 nitrogen and oxygen atoms in total. The van der Waals surface area contributed by atoms with E-state index < -0.39 is 11.7 Å². The Bertz CT molecular complexity index is 2490. The number of hydrogen-bond donors (Lipinski definition) is 1. The molecule has 4 aliphatic heterocycles. The number of halogens is 2. The number of carbonyl (C=O) groups excluding carboxylic acids is 5. The van der Waals surface area contributed by atoms with Crippen LogP contribution in [-0.4, -0.2) is 114 Å². The van der Waals surface area contributed by atoms with Gasteiger partial charge in [-0.05, 0) is 86.2 Å². The minimum Gasteiger partial charge on any atom is -0.445 e. The van der Waals surface area contributed by atoms with E-state index in [2.05, 4.69) is 21.4 Å². The van der Waals surface area contributed by atoms with Crippen LogP contribution in [0, 0.1) is 6.92 Å². The molecule has 0 spiro atoms. The molecule has 0 atom stereocenters. The number of piperidine rings is 1. The van der Waals surface area contributed by atoms with Crippen LogP contribution < -0.4 is 19.7 Å². The third kappa shape index (κ3) is 8.61. The third-order valence-electron chi connectivity index (χ3n) is 12.4. The molecule has 63 heavy (non-hydrogen) atoms. The number of aromatic nitrogens is 1. The summed E-state index contributed by atoms with van der Waals surface area (Å²) in [5.41, 5.74) is 2.34. The fraction of sp³-hybridized carbons (Fsp3) is 0.391. The van der Waals surface area contributed by atoms with E-state index in [0.29, 0.717) is 111 Å². The lowest BCUT2D eigenvalue weighted by molar-refractivity contribution is -0.286. The first-order valence-electron chi connectivity index (χ1n) is 21.1. The van der Waals surface area contributed by atoms with E-state index in [1.807, 2.05) is 30.0 Å². The Hall–Kier alpha value is -6.62. The fourth-order valence-electron chi connectivity index (χ4n) is 8.58. The predicted octanol–water partition coefficient (Wildman–Crippen LogP) is 5.47. The zero-order valence-electron chi connectivity index (χ0n) is 34.6. The maximum atomic E-state index is 13.7. The lowest BCUT2D eigenvalue weighted by Crippen LogP contribution is -2.56. The Morgan fingerprint density at radius 2 is 1.68 bits per heavy atom. The van der Waals surface area contributed by atoms with Crippen molar-refractivity contribution in [1.29, 1.82) is 0 Å². The van der Waals surface area contributed by atoms with Gasteiger partial charge < -0.3 is 38.6 Å². The van der Waals surface area contributed by atoms with Crippen molar-refractivity contribution >= 4 is 41.2 Å². The highest BCUT2D eigenvalue weighted by Crippen LogP contribution is 2.52. The van der Waals surface area contributed by atoms with Crippen molar-refractivity contribution in [2.24, 2.45) is 0 Å². The minimum absolute atomic E-state index is 0.00668. The van der Waals surface area contributed by atoms with Gasteiger partial charge in [0.2, 0.25) is 29.5 Å². The van der Waals surface area contributed by atoms with Crippen molar-refractivity contribution < 1.29 is 51.4 Å². The average Bonchev–Trinajstić information content (AvgIpc) is 3.84. The molecule has 5 aliphatic rings. The number of hydrogen-bond acceptors (Lipinski definition) is 10. The molecule has 17 heteroatoms. The van der Waals surface area contributed by atoms with Gasteiger partial charge in [-0.25, -0.2) is 4.98 Å². The fourth-order valence-corrected chi connectivity index (χ4v) is 8.58. The molecule has 0 radical (unpaired) electrons. The van der Waals surface area contributed by atoms with Gasteiger partial charge >= 0.3 is 6.29 Å². The van der Waals surface area contributed by atoms with Crippen molar-refractivity contribution in [2.75, 3.05) is 56.0 Å². The Balaban J connectivity index is 0.726. The molecule has 2 aromatic heterocycles. The van der Waals surface area contributed by atoms with Gasteiger partial charge in [0.15, 0.2) is 11.5 Å². The topological polar surface area (TPSA) is 164 Å². The molecule has 0 bridgehead atoms. The summed E-state index contributed by atoms with van der Waals surface area (Å²) in [4.78, 5) is 76.0. The average molecular weight is 865 g/mol. The lowest BCUT2D eigenvalue weighted by atomic mass is 9.94. The molecule has 4 aromatic rings. The molecule has 1 aliphatic carbocycles. The molecule has 1 saturated carbocycles. The van der Waals surface area contributed by atoms with Gasteiger partial charge in [0.1, 0.15) is 18.1 Å². The number of nitrogens with zero attached hydrogens (tertiary/aromatic N) is 5. The molecular weight excluding hydrogens is 819 g/mol. The molecule has 5 amide bonds. The normalized spacial score (nSPS) is 19.1. The van der Waals surface area contributed by atoms with Crippen LogP contribution in [0.15, 0.2) is 83.8 Å². The van der Waals surface area contributed by atoms with Crippen molar-refractivity contribution in [3.63, 3.8) is 0 Å². The first-order chi connectivity index (χ1) is 30.3. The number of alkyl halides is 2. The number of piperazine rings is 1. The molecule has 0 unspecified atom stereocenters. The van der Waals surface area contributed by atoms with Crippen LogP contribution in [0.4, 0.5) is 20.5 Å². The standard InChI is InChI=1S/C46H46F2N6O9/c1-3-38(55)52-21-22-54(40(57)27-52)41-14-10-32(61-41)9-13-39(56)53-25-34(26-53)60-33-15-19-51(20-16-33)43(58)30-6-4-5-29(23-30)42-28(2)7-12-37(49-42)50-44(59)45(17-18-45)31-8-11-35-36(24-31)63-46(47,48)62-35/h3-8,10-12,14,23-24,33-34H,1,9,13,15-22,25-27H2,2H3,(H,49,50,59). The second-order valence-corrected chi connectivity index (χ2v) is 16.6. The summed E-state index contributed by atoms with van der Waals surface area (Å²) in [6.07, 6.45) is 0.392.